The normalized spacial score (nSPS) is 18.2. The number of benzene rings is 1. The number of aromatic carboxylic acids is 1. The third kappa shape index (κ3) is 4.09. The first-order valence-corrected chi connectivity index (χ1v) is 11.0. The van der Waals surface area contributed by atoms with Crippen molar-refractivity contribution in [2.24, 2.45) is 0 Å². The van der Waals surface area contributed by atoms with E-state index in [0.29, 0.717) is 29.7 Å². The number of hydrogen-bond donors (Lipinski definition) is 2. The van der Waals surface area contributed by atoms with E-state index >= 15 is 0 Å². The van der Waals surface area contributed by atoms with Gasteiger partial charge in [0.1, 0.15) is 0 Å². The molecule has 2 aliphatic rings. The highest BCUT2D eigenvalue weighted by molar-refractivity contribution is 6.30. The zero-order valence-corrected chi connectivity index (χ0v) is 18.1. The average Bonchev–Trinajstić information content (AvgIpc) is 3.42. The number of hydrogen-bond acceptors (Lipinski definition) is 6. The van der Waals surface area contributed by atoms with Crippen LogP contribution in [0.3, 0.4) is 0 Å². The van der Waals surface area contributed by atoms with E-state index in [1.165, 1.54) is 18.5 Å². The van der Waals surface area contributed by atoms with E-state index in [2.05, 4.69) is 10.3 Å². The third-order valence-electron chi connectivity index (χ3n) is 6.05. The van der Waals surface area contributed by atoms with Gasteiger partial charge in [-0.1, -0.05) is 23.7 Å². The summed E-state index contributed by atoms with van der Waals surface area (Å²) in [4.78, 5) is 15.6. The molecule has 0 bridgehead atoms. The Labute approximate surface area is 190 Å². The van der Waals surface area contributed by atoms with Gasteiger partial charge in [-0.3, -0.25) is 9.67 Å². The molecule has 1 aromatic carbocycles. The van der Waals surface area contributed by atoms with Gasteiger partial charge in [0.15, 0.2) is 11.6 Å². The summed E-state index contributed by atoms with van der Waals surface area (Å²) in [5.74, 6) is -0.935. The van der Waals surface area contributed by atoms with Crippen molar-refractivity contribution in [1.82, 2.24) is 14.8 Å². The monoisotopic (exact) mass is 454 g/mol. The third-order valence-corrected chi connectivity index (χ3v) is 6.28. The molecule has 3 aromatic rings. The van der Waals surface area contributed by atoms with Crippen LogP contribution < -0.4 is 5.32 Å². The van der Waals surface area contributed by atoms with E-state index in [-0.39, 0.29) is 11.6 Å². The molecule has 1 saturated heterocycles. The van der Waals surface area contributed by atoms with Crippen LogP contribution in [-0.4, -0.2) is 44.8 Å². The van der Waals surface area contributed by atoms with Crippen LogP contribution >= 0.6 is 11.6 Å². The molecule has 2 aromatic heterocycles. The molecule has 0 amide bonds. The lowest BCUT2D eigenvalue weighted by Crippen LogP contribution is -2.36. The second kappa shape index (κ2) is 8.54. The van der Waals surface area contributed by atoms with Gasteiger partial charge in [0.25, 0.3) is 0 Å². The molecule has 8 nitrogen and oxygen atoms in total. The van der Waals surface area contributed by atoms with E-state index in [1.807, 2.05) is 35.0 Å². The van der Waals surface area contributed by atoms with Crippen molar-refractivity contribution in [2.75, 3.05) is 18.5 Å². The Morgan fingerprint density at radius 1 is 1.19 bits per heavy atom. The Bertz CT molecular complexity index is 1130. The molecule has 166 valence electrons. The molecule has 0 atom stereocenters. The molecule has 1 aliphatic heterocycles. The van der Waals surface area contributed by atoms with Gasteiger partial charge >= 0.3 is 5.97 Å². The predicted molar refractivity (Wildman–Crippen MR) is 119 cm³/mol. The summed E-state index contributed by atoms with van der Waals surface area (Å²) in [5, 5.41) is 18.1. The SMILES string of the molecule is O=C(O)c1ccncc1Nc1cc(-c2cccc(Cl)c2)n(C2CCC3(CC2)OCCO3)n1. The summed E-state index contributed by atoms with van der Waals surface area (Å²) in [5.41, 5.74) is 2.37. The van der Waals surface area contributed by atoms with E-state index < -0.39 is 11.8 Å². The van der Waals surface area contributed by atoms with Crippen LogP contribution in [-0.2, 0) is 9.47 Å². The Kier molecular flexibility index (Phi) is 5.58. The number of nitrogens with one attached hydrogen (secondary N) is 1. The van der Waals surface area contributed by atoms with Gasteiger partial charge in [0.2, 0.25) is 0 Å². The molecule has 1 spiro atoms. The highest BCUT2D eigenvalue weighted by Crippen LogP contribution is 2.42. The van der Waals surface area contributed by atoms with Crippen LogP contribution in [0.25, 0.3) is 11.3 Å². The molecule has 32 heavy (non-hydrogen) atoms. The summed E-state index contributed by atoms with van der Waals surface area (Å²) in [6.45, 7) is 1.29. The van der Waals surface area contributed by atoms with Crippen LogP contribution in [0, 0.1) is 0 Å². The maximum atomic E-state index is 11.6. The minimum atomic E-state index is -1.03. The van der Waals surface area contributed by atoms with Gasteiger partial charge in [-0.15, -0.1) is 0 Å². The lowest BCUT2D eigenvalue weighted by molar-refractivity contribution is -0.181. The molecule has 5 rings (SSSR count). The van der Waals surface area contributed by atoms with Crippen molar-refractivity contribution in [1.29, 1.82) is 0 Å². The van der Waals surface area contributed by atoms with E-state index in [4.69, 9.17) is 26.2 Å². The van der Waals surface area contributed by atoms with Crippen LogP contribution in [0.4, 0.5) is 11.5 Å². The topological polar surface area (TPSA) is 98.5 Å². The number of carboxylic acids is 1. The van der Waals surface area contributed by atoms with E-state index in [0.717, 1.165) is 36.9 Å². The molecule has 1 aliphatic carbocycles. The molecular formula is C23H23ClN4O4. The first kappa shape index (κ1) is 20.9. The second-order valence-corrected chi connectivity index (χ2v) is 8.50. The summed E-state index contributed by atoms with van der Waals surface area (Å²) in [6, 6.07) is 11.2. The average molecular weight is 455 g/mol. The van der Waals surface area contributed by atoms with Crippen molar-refractivity contribution in [3.8, 4) is 11.3 Å². The number of aromatic nitrogens is 3. The van der Waals surface area contributed by atoms with Crippen LogP contribution in [0.15, 0.2) is 48.8 Å². The van der Waals surface area contributed by atoms with Gasteiger partial charge < -0.3 is 19.9 Å². The highest BCUT2D eigenvalue weighted by atomic mass is 35.5. The fourth-order valence-corrected chi connectivity index (χ4v) is 4.68. The molecule has 2 fully saturated rings. The molecular weight excluding hydrogens is 432 g/mol. The number of pyridine rings is 1. The summed E-state index contributed by atoms with van der Waals surface area (Å²) < 4.78 is 13.8. The lowest BCUT2D eigenvalue weighted by atomic mass is 9.90. The Morgan fingerprint density at radius 2 is 1.97 bits per heavy atom. The van der Waals surface area contributed by atoms with Crippen LogP contribution in [0.1, 0.15) is 42.1 Å². The standard InChI is InChI=1S/C23H23ClN4O4/c24-16-3-1-2-15(12-16)20-13-21(26-19-14-25-9-6-18(19)22(29)30)27-28(20)17-4-7-23(8-5-17)31-10-11-32-23/h1-3,6,9,12-14,17H,4-5,7-8,10-11H2,(H,26,27)(H,29,30). The van der Waals surface area contributed by atoms with Crippen LogP contribution in [0.2, 0.25) is 5.02 Å². The number of carboxylic acid groups (broad SMARTS) is 1. The van der Waals surface area contributed by atoms with E-state index in [1.54, 1.807) is 0 Å². The lowest BCUT2D eigenvalue weighted by Gasteiger charge is -2.35. The Hall–Kier alpha value is -2.94. The number of halogens is 1. The summed E-state index contributed by atoms with van der Waals surface area (Å²) in [7, 11) is 0. The number of carbonyl (C=O) groups is 1. The fourth-order valence-electron chi connectivity index (χ4n) is 4.49. The molecule has 0 unspecified atom stereocenters. The Morgan fingerprint density at radius 3 is 2.69 bits per heavy atom. The Balaban J connectivity index is 1.48. The molecule has 2 N–H and O–H groups in total. The van der Waals surface area contributed by atoms with Crippen molar-refractivity contribution in [3.63, 3.8) is 0 Å². The number of rotatable bonds is 5. The predicted octanol–water partition coefficient (Wildman–Crippen LogP) is 4.90. The number of ether oxygens (including phenoxy) is 2. The fraction of sp³-hybridized carbons (Fsp3) is 0.348. The maximum Gasteiger partial charge on any atom is 0.337 e. The van der Waals surface area contributed by atoms with Crippen LogP contribution in [0.5, 0.6) is 0 Å². The van der Waals surface area contributed by atoms with Crippen molar-refractivity contribution in [2.45, 2.75) is 37.5 Å². The van der Waals surface area contributed by atoms with Gasteiger partial charge in [-0.2, -0.15) is 5.10 Å². The first-order chi connectivity index (χ1) is 15.5. The summed E-state index contributed by atoms with van der Waals surface area (Å²) >= 11 is 6.26. The quantitative estimate of drug-likeness (QED) is 0.565. The zero-order chi connectivity index (χ0) is 22.1. The molecule has 9 heteroatoms. The van der Waals surface area contributed by atoms with Gasteiger partial charge in [0, 0.05) is 35.7 Å². The highest BCUT2D eigenvalue weighted by Gasteiger charge is 2.41. The van der Waals surface area contributed by atoms with Crippen molar-refractivity contribution >= 4 is 29.1 Å². The van der Waals surface area contributed by atoms with E-state index in [9.17, 15) is 9.90 Å². The molecule has 3 heterocycles. The summed E-state index contributed by atoms with van der Waals surface area (Å²) in [6.07, 6.45) is 6.28. The van der Waals surface area contributed by atoms with Gasteiger partial charge in [0.05, 0.1) is 42.4 Å². The molecule has 1 saturated carbocycles. The second-order valence-electron chi connectivity index (χ2n) is 8.06. The van der Waals surface area contributed by atoms with Gasteiger partial charge in [-0.25, -0.2) is 4.79 Å². The number of nitrogens with zero attached hydrogens (tertiary/aromatic N) is 3. The minimum absolute atomic E-state index is 0.133. The molecule has 0 radical (unpaired) electrons. The first-order valence-electron chi connectivity index (χ1n) is 10.6. The van der Waals surface area contributed by atoms with Gasteiger partial charge in [-0.05, 0) is 31.0 Å². The maximum absolute atomic E-state index is 11.6. The smallest absolute Gasteiger partial charge is 0.337 e. The minimum Gasteiger partial charge on any atom is -0.478 e. The van der Waals surface area contributed by atoms with Crippen molar-refractivity contribution < 1.29 is 19.4 Å². The van der Waals surface area contributed by atoms with Crippen molar-refractivity contribution in [3.05, 3.63) is 59.4 Å². The zero-order valence-electron chi connectivity index (χ0n) is 17.3. The largest absolute Gasteiger partial charge is 0.478 e. The number of anilines is 2.